The first-order valence-corrected chi connectivity index (χ1v) is 13.1. The molecule has 0 unspecified atom stereocenters. The molecule has 0 bridgehead atoms. The summed E-state index contributed by atoms with van der Waals surface area (Å²) in [7, 11) is -2.17. The van der Waals surface area contributed by atoms with Crippen LogP contribution < -0.4 is 15.4 Å². The summed E-state index contributed by atoms with van der Waals surface area (Å²) < 4.78 is 35.0. The van der Waals surface area contributed by atoms with Gasteiger partial charge in [-0.1, -0.05) is 17.7 Å². The molecule has 1 amide bonds. The Morgan fingerprint density at radius 2 is 1.94 bits per heavy atom. The average Bonchev–Trinajstić information content (AvgIpc) is 3.49. The molecule has 3 N–H and O–H groups in total. The summed E-state index contributed by atoms with van der Waals surface area (Å²) in [5.74, 6) is -2.12. The molecule has 1 saturated heterocycles. The van der Waals surface area contributed by atoms with E-state index in [0.29, 0.717) is 25.9 Å². The van der Waals surface area contributed by atoms with E-state index in [0.717, 1.165) is 17.7 Å². The van der Waals surface area contributed by atoms with Crippen molar-refractivity contribution >= 4 is 27.9 Å². The van der Waals surface area contributed by atoms with Crippen molar-refractivity contribution in [2.45, 2.75) is 56.0 Å². The maximum Gasteiger partial charge on any atom is 0.331 e. The Morgan fingerprint density at radius 3 is 2.57 bits per heavy atom. The fourth-order valence-corrected chi connectivity index (χ4v) is 4.99. The van der Waals surface area contributed by atoms with E-state index in [9.17, 15) is 22.8 Å². The van der Waals surface area contributed by atoms with Crippen LogP contribution in [-0.4, -0.2) is 56.0 Å². The standard InChI is InChI=1S/C24H32N4O6S/c1-17-7-9-19(10-8-17)35(32,33)27-21(24(31)34-23(30)20-6-3-14-25-20)11-12-22(29)26-15-13-18-5-4-16-28(18)2/h4-5,7-10,16,20-21,25,27H,3,6,11-15H2,1-2H3,(H,26,29)/t20-,21-/m0/s1. The molecule has 2 heterocycles. The number of hydrogen-bond donors (Lipinski definition) is 3. The molecular formula is C24H32N4O6S. The Kier molecular flexibility index (Phi) is 9.19. The molecule has 190 valence electrons. The van der Waals surface area contributed by atoms with Gasteiger partial charge in [0.15, 0.2) is 0 Å². The minimum atomic E-state index is -4.09. The molecule has 1 aliphatic heterocycles. The number of nitrogens with one attached hydrogen (secondary N) is 3. The summed E-state index contributed by atoms with van der Waals surface area (Å²) in [6.45, 7) is 2.86. The van der Waals surface area contributed by atoms with Crippen LogP contribution >= 0.6 is 0 Å². The number of aromatic nitrogens is 1. The molecule has 11 heteroatoms. The number of esters is 2. The molecule has 2 atom stereocenters. The lowest BCUT2D eigenvalue weighted by Gasteiger charge is -2.18. The number of rotatable bonds is 11. The summed E-state index contributed by atoms with van der Waals surface area (Å²) in [4.78, 5) is 37.4. The molecule has 2 aromatic rings. The normalized spacial score (nSPS) is 16.6. The molecule has 1 fully saturated rings. The molecule has 3 rings (SSSR count). The van der Waals surface area contributed by atoms with Crippen LogP contribution in [0, 0.1) is 6.92 Å². The van der Waals surface area contributed by atoms with Crippen LogP contribution in [0.2, 0.25) is 0 Å². The Labute approximate surface area is 205 Å². The predicted molar refractivity (Wildman–Crippen MR) is 129 cm³/mol. The van der Waals surface area contributed by atoms with Crippen LogP contribution in [0.25, 0.3) is 0 Å². The van der Waals surface area contributed by atoms with E-state index in [1.807, 2.05) is 36.9 Å². The minimum Gasteiger partial charge on any atom is -0.391 e. The van der Waals surface area contributed by atoms with Gasteiger partial charge >= 0.3 is 11.9 Å². The summed E-state index contributed by atoms with van der Waals surface area (Å²) in [5, 5.41) is 5.71. The smallest absolute Gasteiger partial charge is 0.331 e. The number of ether oxygens (including phenoxy) is 1. The van der Waals surface area contributed by atoms with Gasteiger partial charge < -0.3 is 19.9 Å². The summed E-state index contributed by atoms with van der Waals surface area (Å²) >= 11 is 0. The predicted octanol–water partition coefficient (Wildman–Crippen LogP) is 0.941. The zero-order valence-electron chi connectivity index (χ0n) is 20.0. The van der Waals surface area contributed by atoms with Gasteiger partial charge in [0, 0.05) is 38.3 Å². The van der Waals surface area contributed by atoms with Gasteiger partial charge in [0.2, 0.25) is 15.9 Å². The van der Waals surface area contributed by atoms with Gasteiger partial charge in [0.1, 0.15) is 12.1 Å². The SMILES string of the molecule is Cc1ccc(S(=O)(=O)N[C@@H](CCC(=O)NCCc2cccn2C)C(=O)OC(=O)[C@@H]2CCCN2)cc1. The maximum absolute atomic E-state index is 12.9. The minimum absolute atomic E-state index is 0.0308. The first-order chi connectivity index (χ1) is 16.7. The van der Waals surface area contributed by atoms with Crippen molar-refractivity contribution in [3.05, 3.63) is 53.9 Å². The Hall–Kier alpha value is -3.02. The van der Waals surface area contributed by atoms with E-state index >= 15 is 0 Å². The zero-order chi connectivity index (χ0) is 25.4. The van der Waals surface area contributed by atoms with Crippen molar-refractivity contribution in [2.75, 3.05) is 13.1 Å². The Morgan fingerprint density at radius 1 is 1.20 bits per heavy atom. The molecule has 0 spiro atoms. The topological polar surface area (TPSA) is 136 Å². The van der Waals surface area contributed by atoms with Gasteiger partial charge in [-0.25, -0.2) is 18.0 Å². The molecule has 0 aliphatic carbocycles. The van der Waals surface area contributed by atoms with Crippen LogP contribution in [0.4, 0.5) is 0 Å². The van der Waals surface area contributed by atoms with Crippen molar-refractivity contribution in [2.24, 2.45) is 7.05 Å². The number of aryl methyl sites for hydroxylation is 2. The van der Waals surface area contributed by atoms with E-state index in [1.54, 1.807) is 12.1 Å². The van der Waals surface area contributed by atoms with Crippen molar-refractivity contribution < 1.29 is 27.5 Å². The van der Waals surface area contributed by atoms with Crippen LogP contribution in [0.1, 0.15) is 36.9 Å². The highest BCUT2D eigenvalue weighted by Gasteiger charge is 2.32. The second-order valence-electron chi connectivity index (χ2n) is 8.63. The monoisotopic (exact) mass is 504 g/mol. The quantitative estimate of drug-likeness (QED) is 0.306. The molecule has 1 aromatic heterocycles. The molecule has 0 saturated carbocycles. The Bertz CT molecular complexity index is 1140. The molecule has 1 aliphatic rings. The second-order valence-corrected chi connectivity index (χ2v) is 10.3. The number of nitrogens with zero attached hydrogens (tertiary/aromatic N) is 1. The van der Waals surface area contributed by atoms with Gasteiger partial charge in [0.05, 0.1) is 4.90 Å². The zero-order valence-corrected chi connectivity index (χ0v) is 20.8. The fraction of sp³-hybridized carbons (Fsp3) is 0.458. The number of sulfonamides is 1. The number of carbonyl (C=O) groups excluding carboxylic acids is 3. The van der Waals surface area contributed by atoms with E-state index < -0.39 is 34.0 Å². The number of hydrogen-bond acceptors (Lipinski definition) is 7. The largest absolute Gasteiger partial charge is 0.391 e. The van der Waals surface area contributed by atoms with Gasteiger partial charge in [0.25, 0.3) is 0 Å². The lowest BCUT2D eigenvalue weighted by molar-refractivity contribution is -0.162. The van der Waals surface area contributed by atoms with Gasteiger partial charge in [-0.05, 0) is 57.0 Å². The van der Waals surface area contributed by atoms with E-state index in [4.69, 9.17) is 4.74 Å². The third-order valence-electron chi connectivity index (χ3n) is 5.87. The van der Waals surface area contributed by atoms with Crippen molar-refractivity contribution in [3.63, 3.8) is 0 Å². The lowest BCUT2D eigenvalue weighted by Crippen LogP contribution is -2.45. The van der Waals surface area contributed by atoms with Crippen molar-refractivity contribution in [3.8, 4) is 0 Å². The summed E-state index contributed by atoms with van der Waals surface area (Å²) in [6, 6.07) is 7.98. The van der Waals surface area contributed by atoms with Crippen molar-refractivity contribution in [1.29, 1.82) is 0 Å². The highest BCUT2D eigenvalue weighted by atomic mass is 32.2. The van der Waals surface area contributed by atoms with E-state index in [2.05, 4.69) is 15.4 Å². The highest BCUT2D eigenvalue weighted by Crippen LogP contribution is 2.14. The number of carbonyl (C=O) groups is 3. The van der Waals surface area contributed by atoms with Gasteiger partial charge in [-0.15, -0.1) is 0 Å². The molecule has 0 radical (unpaired) electrons. The third kappa shape index (κ3) is 7.74. The Balaban J connectivity index is 1.62. The first-order valence-electron chi connectivity index (χ1n) is 11.6. The number of amides is 1. The molecule has 1 aromatic carbocycles. The van der Waals surface area contributed by atoms with Gasteiger partial charge in [-0.2, -0.15) is 4.72 Å². The van der Waals surface area contributed by atoms with E-state index in [-0.39, 0.29) is 23.6 Å². The lowest BCUT2D eigenvalue weighted by atomic mass is 10.1. The summed E-state index contributed by atoms with van der Waals surface area (Å²) in [5.41, 5.74) is 1.93. The highest BCUT2D eigenvalue weighted by molar-refractivity contribution is 7.89. The summed E-state index contributed by atoms with van der Waals surface area (Å²) in [6.07, 6.45) is 3.57. The third-order valence-corrected chi connectivity index (χ3v) is 7.36. The molecule has 10 nitrogen and oxygen atoms in total. The molecule has 35 heavy (non-hydrogen) atoms. The fourth-order valence-electron chi connectivity index (χ4n) is 3.77. The van der Waals surface area contributed by atoms with Gasteiger partial charge in [-0.3, -0.25) is 4.79 Å². The number of benzene rings is 1. The maximum atomic E-state index is 12.9. The van der Waals surface area contributed by atoms with Crippen LogP contribution in [0.5, 0.6) is 0 Å². The van der Waals surface area contributed by atoms with Crippen LogP contribution in [0.15, 0.2) is 47.5 Å². The van der Waals surface area contributed by atoms with E-state index in [1.165, 1.54) is 12.1 Å². The average molecular weight is 505 g/mol. The second kappa shape index (κ2) is 12.1. The first kappa shape index (κ1) is 26.6. The van der Waals surface area contributed by atoms with Crippen LogP contribution in [-0.2, 0) is 42.6 Å². The molecular weight excluding hydrogens is 472 g/mol. The van der Waals surface area contributed by atoms with Crippen LogP contribution in [0.3, 0.4) is 0 Å². The van der Waals surface area contributed by atoms with Crippen molar-refractivity contribution in [1.82, 2.24) is 19.9 Å².